The van der Waals surface area contributed by atoms with Gasteiger partial charge in [-0.05, 0) is 30.9 Å². The number of aliphatic hydroxyl groups is 1. The average molecular weight is 328 g/mol. The van der Waals surface area contributed by atoms with Gasteiger partial charge in [-0.1, -0.05) is 0 Å². The Morgan fingerprint density at radius 1 is 1.43 bits per heavy atom. The van der Waals surface area contributed by atoms with Crippen molar-refractivity contribution in [3.63, 3.8) is 0 Å². The SMILES string of the molecule is CCOc1ccc(NS(=O)(=O)c2c(C)csc2CO)cn1. The maximum Gasteiger partial charge on any atom is 0.263 e. The number of aromatic nitrogens is 1. The van der Waals surface area contributed by atoms with E-state index < -0.39 is 10.0 Å². The number of pyridine rings is 1. The van der Waals surface area contributed by atoms with Gasteiger partial charge in [0.25, 0.3) is 10.0 Å². The molecule has 0 spiro atoms. The molecule has 0 atom stereocenters. The second kappa shape index (κ2) is 6.42. The van der Waals surface area contributed by atoms with Crippen molar-refractivity contribution in [1.29, 1.82) is 0 Å². The smallest absolute Gasteiger partial charge is 0.263 e. The van der Waals surface area contributed by atoms with Gasteiger partial charge in [-0.2, -0.15) is 0 Å². The maximum absolute atomic E-state index is 12.4. The summed E-state index contributed by atoms with van der Waals surface area (Å²) in [5, 5.41) is 11.0. The monoisotopic (exact) mass is 328 g/mol. The molecule has 0 aliphatic carbocycles. The lowest BCUT2D eigenvalue weighted by molar-refractivity contribution is 0.282. The third kappa shape index (κ3) is 3.52. The maximum atomic E-state index is 12.4. The zero-order chi connectivity index (χ0) is 15.5. The number of ether oxygens (including phenoxy) is 1. The molecular formula is C13H16N2O4S2. The molecule has 0 aliphatic heterocycles. The summed E-state index contributed by atoms with van der Waals surface area (Å²) >= 11 is 1.22. The van der Waals surface area contributed by atoms with E-state index in [9.17, 15) is 13.5 Å². The van der Waals surface area contributed by atoms with Crippen LogP contribution < -0.4 is 9.46 Å². The van der Waals surface area contributed by atoms with Crippen LogP contribution in [-0.4, -0.2) is 25.1 Å². The minimum absolute atomic E-state index is 0.129. The van der Waals surface area contributed by atoms with Gasteiger partial charge in [0, 0.05) is 6.07 Å². The Balaban J connectivity index is 2.26. The highest BCUT2D eigenvalue weighted by Gasteiger charge is 2.22. The molecule has 0 bridgehead atoms. The van der Waals surface area contributed by atoms with Gasteiger partial charge in [-0.3, -0.25) is 4.72 Å². The molecule has 0 fully saturated rings. The fourth-order valence-electron chi connectivity index (χ4n) is 1.84. The van der Waals surface area contributed by atoms with Crippen LogP contribution in [0.25, 0.3) is 0 Å². The molecule has 0 radical (unpaired) electrons. The lowest BCUT2D eigenvalue weighted by Crippen LogP contribution is -2.15. The lowest BCUT2D eigenvalue weighted by atomic mass is 10.3. The number of aliphatic hydroxyl groups excluding tert-OH is 1. The minimum atomic E-state index is -3.75. The normalized spacial score (nSPS) is 11.4. The second-order valence-electron chi connectivity index (χ2n) is 4.25. The molecule has 0 aliphatic rings. The highest BCUT2D eigenvalue weighted by molar-refractivity contribution is 7.93. The summed E-state index contributed by atoms with van der Waals surface area (Å²) in [5.41, 5.74) is 0.948. The van der Waals surface area contributed by atoms with E-state index >= 15 is 0 Å². The zero-order valence-corrected chi connectivity index (χ0v) is 13.3. The average Bonchev–Trinajstić information content (AvgIpc) is 2.83. The Hall–Kier alpha value is -1.64. The molecule has 8 heteroatoms. The van der Waals surface area contributed by atoms with Gasteiger partial charge < -0.3 is 9.84 Å². The van der Waals surface area contributed by atoms with Crippen LogP contribution in [0.15, 0.2) is 28.6 Å². The van der Waals surface area contributed by atoms with Crippen LogP contribution in [0.1, 0.15) is 17.4 Å². The fraction of sp³-hybridized carbons (Fsp3) is 0.308. The van der Waals surface area contributed by atoms with E-state index in [1.807, 2.05) is 6.92 Å². The van der Waals surface area contributed by atoms with Crippen LogP contribution in [0.4, 0.5) is 5.69 Å². The zero-order valence-electron chi connectivity index (χ0n) is 11.7. The summed E-state index contributed by atoms with van der Waals surface area (Å²) < 4.78 is 32.5. The van der Waals surface area contributed by atoms with Crippen molar-refractivity contribution in [2.24, 2.45) is 0 Å². The van der Waals surface area contributed by atoms with Crippen LogP contribution >= 0.6 is 11.3 Å². The topological polar surface area (TPSA) is 88.5 Å². The molecule has 2 heterocycles. The van der Waals surface area contributed by atoms with E-state index in [0.717, 1.165) is 0 Å². The minimum Gasteiger partial charge on any atom is -0.478 e. The van der Waals surface area contributed by atoms with Crippen molar-refractivity contribution in [1.82, 2.24) is 4.98 Å². The Bertz CT molecular complexity index is 708. The van der Waals surface area contributed by atoms with Crippen LogP contribution in [0.5, 0.6) is 5.88 Å². The molecule has 0 saturated heterocycles. The van der Waals surface area contributed by atoms with Crippen molar-refractivity contribution in [3.8, 4) is 5.88 Å². The van der Waals surface area contributed by atoms with E-state index in [1.54, 1.807) is 24.4 Å². The number of nitrogens with zero attached hydrogens (tertiary/aromatic N) is 1. The number of thiophene rings is 1. The number of hydrogen-bond acceptors (Lipinski definition) is 6. The Labute approximate surface area is 127 Å². The molecule has 114 valence electrons. The Morgan fingerprint density at radius 2 is 2.19 bits per heavy atom. The van der Waals surface area contributed by atoms with Gasteiger partial charge in [0.1, 0.15) is 4.90 Å². The summed E-state index contributed by atoms with van der Waals surface area (Å²) in [4.78, 5) is 4.55. The third-order valence-electron chi connectivity index (χ3n) is 2.68. The van der Waals surface area contributed by atoms with Crippen LogP contribution in [0, 0.1) is 6.92 Å². The van der Waals surface area contributed by atoms with Gasteiger partial charge in [0.2, 0.25) is 5.88 Å². The first-order chi connectivity index (χ1) is 9.97. The predicted molar refractivity (Wildman–Crippen MR) is 81.2 cm³/mol. The first kappa shape index (κ1) is 15.7. The molecule has 0 unspecified atom stereocenters. The third-order valence-corrected chi connectivity index (χ3v) is 5.51. The Kier molecular flexibility index (Phi) is 4.81. The largest absolute Gasteiger partial charge is 0.478 e. The number of sulfonamides is 1. The highest BCUT2D eigenvalue weighted by atomic mass is 32.2. The van der Waals surface area contributed by atoms with Crippen LogP contribution in [-0.2, 0) is 16.6 Å². The number of nitrogens with one attached hydrogen (secondary N) is 1. The van der Waals surface area contributed by atoms with E-state index in [1.165, 1.54) is 17.5 Å². The van der Waals surface area contributed by atoms with Crippen LogP contribution in [0.3, 0.4) is 0 Å². The number of rotatable bonds is 6. The summed E-state index contributed by atoms with van der Waals surface area (Å²) in [7, 11) is -3.75. The summed E-state index contributed by atoms with van der Waals surface area (Å²) in [6.07, 6.45) is 1.39. The predicted octanol–water partition coefficient (Wildman–Crippen LogP) is 2.14. The van der Waals surface area contributed by atoms with E-state index in [4.69, 9.17) is 4.74 Å². The molecule has 0 amide bonds. The molecule has 6 nitrogen and oxygen atoms in total. The molecule has 2 rings (SSSR count). The highest BCUT2D eigenvalue weighted by Crippen LogP contribution is 2.28. The van der Waals surface area contributed by atoms with Gasteiger partial charge in [-0.25, -0.2) is 13.4 Å². The molecule has 2 aromatic heterocycles. The number of anilines is 1. The molecule has 0 aromatic carbocycles. The van der Waals surface area contributed by atoms with Crippen molar-refractivity contribution < 1.29 is 18.3 Å². The second-order valence-corrected chi connectivity index (χ2v) is 6.84. The van der Waals surface area contributed by atoms with Gasteiger partial charge >= 0.3 is 0 Å². The van der Waals surface area contributed by atoms with E-state index in [-0.39, 0.29) is 11.5 Å². The first-order valence-electron chi connectivity index (χ1n) is 6.27. The molecule has 21 heavy (non-hydrogen) atoms. The van der Waals surface area contributed by atoms with Crippen molar-refractivity contribution >= 4 is 27.0 Å². The molecular weight excluding hydrogens is 312 g/mol. The van der Waals surface area contributed by atoms with E-state index in [0.29, 0.717) is 28.6 Å². The van der Waals surface area contributed by atoms with Gasteiger partial charge in [0.05, 0.1) is 30.0 Å². The van der Waals surface area contributed by atoms with Crippen molar-refractivity contribution in [2.45, 2.75) is 25.3 Å². The fourth-order valence-corrected chi connectivity index (χ4v) is 4.55. The van der Waals surface area contributed by atoms with Crippen molar-refractivity contribution in [3.05, 3.63) is 34.2 Å². The van der Waals surface area contributed by atoms with Crippen molar-refractivity contribution in [2.75, 3.05) is 11.3 Å². The summed E-state index contributed by atoms with van der Waals surface area (Å²) in [5.74, 6) is 0.434. The quantitative estimate of drug-likeness (QED) is 0.848. The summed E-state index contributed by atoms with van der Waals surface area (Å²) in [6.45, 7) is 3.72. The Morgan fingerprint density at radius 3 is 2.76 bits per heavy atom. The first-order valence-corrected chi connectivity index (χ1v) is 8.63. The number of hydrogen-bond donors (Lipinski definition) is 2. The lowest BCUT2D eigenvalue weighted by Gasteiger charge is -2.10. The van der Waals surface area contributed by atoms with Crippen LogP contribution in [0.2, 0.25) is 0 Å². The molecule has 0 saturated carbocycles. The standard InChI is InChI=1S/C13H16N2O4S2/c1-3-19-12-5-4-10(6-14-12)15-21(17,18)13-9(2)8-20-11(13)7-16/h4-6,8,15-16H,3,7H2,1-2H3. The summed E-state index contributed by atoms with van der Waals surface area (Å²) in [6, 6.07) is 3.17. The number of aryl methyl sites for hydroxylation is 1. The molecule has 2 aromatic rings. The van der Waals surface area contributed by atoms with Gasteiger partial charge in [0.15, 0.2) is 0 Å². The van der Waals surface area contributed by atoms with Gasteiger partial charge in [-0.15, -0.1) is 11.3 Å². The molecule has 2 N–H and O–H groups in total. The van der Waals surface area contributed by atoms with E-state index in [2.05, 4.69) is 9.71 Å².